The van der Waals surface area contributed by atoms with E-state index in [0.717, 1.165) is 32.5 Å². The van der Waals surface area contributed by atoms with Gasteiger partial charge < -0.3 is 10.2 Å². The number of nitrogens with zero attached hydrogens (tertiary/aromatic N) is 1. The van der Waals surface area contributed by atoms with Crippen LogP contribution in [0.3, 0.4) is 0 Å². The van der Waals surface area contributed by atoms with E-state index in [9.17, 15) is 4.79 Å². The maximum atomic E-state index is 12.7. The van der Waals surface area contributed by atoms with Crippen LogP contribution < -0.4 is 5.32 Å². The molecule has 1 saturated carbocycles. The van der Waals surface area contributed by atoms with Gasteiger partial charge in [-0.25, -0.2) is 0 Å². The van der Waals surface area contributed by atoms with Crippen molar-refractivity contribution in [3.63, 3.8) is 0 Å². The topological polar surface area (TPSA) is 32.3 Å². The third-order valence-corrected chi connectivity index (χ3v) is 7.23. The van der Waals surface area contributed by atoms with Crippen molar-refractivity contribution in [2.75, 3.05) is 19.6 Å². The van der Waals surface area contributed by atoms with Crippen molar-refractivity contribution < 1.29 is 4.79 Å². The van der Waals surface area contributed by atoms with Crippen LogP contribution in [-0.4, -0.2) is 30.4 Å². The molecule has 3 aliphatic rings. The summed E-state index contributed by atoms with van der Waals surface area (Å²) in [6, 6.07) is 9.31. The molecule has 1 N–H and O–H groups in total. The molecule has 0 aromatic heterocycles. The summed E-state index contributed by atoms with van der Waals surface area (Å²) in [6.45, 7) is 7.23. The molecule has 0 unspecified atom stereocenters. The molecule has 0 radical (unpaired) electrons. The SMILES string of the molecule is CC(=O)N1CC2(CCNCC2)c2ccccc2[C@H]1C1(C)CCCCC1. The van der Waals surface area contributed by atoms with Gasteiger partial charge in [0.25, 0.3) is 0 Å². The van der Waals surface area contributed by atoms with Gasteiger partial charge in [-0.1, -0.05) is 50.5 Å². The number of nitrogens with one attached hydrogen (secondary N) is 1. The van der Waals surface area contributed by atoms with Crippen LogP contribution in [0.5, 0.6) is 0 Å². The van der Waals surface area contributed by atoms with E-state index in [4.69, 9.17) is 0 Å². The minimum Gasteiger partial charge on any atom is -0.334 e. The van der Waals surface area contributed by atoms with E-state index in [-0.39, 0.29) is 22.8 Å². The van der Waals surface area contributed by atoms with Crippen molar-refractivity contribution in [3.05, 3.63) is 35.4 Å². The zero-order valence-corrected chi connectivity index (χ0v) is 15.8. The Bertz CT molecular complexity index is 641. The third kappa shape index (κ3) is 2.81. The summed E-state index contributed by atoms with van der Waals surface area (Å²) < 4.78 is 0. The van der Waals surface area contributed by atoms with E-state index in [0.29, 0.717) is 0 Å². The molecule has 4 rings (SSSR count). The molecular formula is C22H32N2O. The van der Waals surface area contributed by atoms with Gasteiger partial charge >= 0.3 is 0 Å². The van der Waals surface area contributed by atoms with Crippen molar-refractivity contribution in [1.82, 2.24) is 10.2 Å². The molecule has 3 heteroatoms. The van der Waals surface area contributed by atoms with E-state index in [1.54, 1.807) is 6.92 Å². The molecule has 1 amide bonds. The number of amides is 1. The summed E-state index contributed by atoms with van der Waals surface area (Å²) in [7, 11) is 0. The van der Waals surface area contributed by atoms with Gasteiger partial charge in [-0.2, -0.15) is 0 Å². The molecule has 0 bridgehead atoms. The lowest BCUT2D eigenvalue weighted by Crippen LogP contribution is -2.56. The van der Waals surface area contributed by atoms with E-state index in [1.165, 1.54) is 43.2 Å². The number of carbonyl (C=O) groups excluding carboxylic acids is 1. The Labute approximate surface area is 152 Å². The molecule has 3 nitrogen and oxygen atoms in total. The smallest absolute Gasteiger partial charge is 0.220 e. The van der Waals surface area contributed by atoms with Crippen LogP contribution in [0, 0.1) is 5.41 Å². The highest BCUT2D eigenvalue weighted by Crippen LogP contribution is 2.54. The van der Waals surface area contributed by atoms with Crippen LogP contribution in [0.1, 0.15) is 76.0 Å². The minimum atomic E-state index is 0.148. The summed E-state index contributed by atoms with van der Waals surface area (Å²) in [5.74, 6) is 0.254. The predicted molar refractivity (Wildman–Crippen MR) is 102 cm³/mol. The van der Waals surface area contributed by atoms with Crippen LogP contribution in [-0.2, 0) is 10.2 Å². The molecule has 25 heavy (non-hydrogen) atoms. The minimum absolute atomic E-state index is 0.148. The number of carbonyl (C=O) groups is 1. The van der Waals surface area contributed by atoms with Crippen LogP contribution in [0.2, 0.25) is 0 Å². The molecule has 1 aliphatic carbocycles. The van der Waals surface area contributed by atoms with Gasteiger partial charge in [0.2, 0.25) is 5.91 Å². The third-order valence-electron chi connectivity index (χ3n) is 7.23. The predicted octanol–water partition coefficient (Wildman–Crippen LogP) is 4.18. The van der Waals surface area contributed by atoms with Gasteiger partial charge in [0.15, 0.2) is 0 Å². The number of hydrogen-bond acceptors (Lipinski definition) is 2. The molecule has 1 spiro atoms. The van der Waals surface area contributed by atoms with E-state index in [1.807, 2.05) is 0 Å². The summed E-state index contributed by atoms with van der Waals surface area (Å²) in [5, 5.41) is 3.51. The molecule has 1 saturated heterocycles. The largest absolute Gasteiger partial charge is 0.334 e. The Hall–Kier alpha value is -1.35. The lowest BCUT2D eigenvalue weighted by Gasteiger charge is -2.55. The first kappa shape index (κ1) is 17.1. The van der Waals surface area contributed by atoms with Crippen molar-refractivity contribution in [3.8, 4) is 0 Å². The summed E-state index contributed by atoms with van der Waals surface area (Å²) in [5.41, 5.74) is 3.34. The Kier molecular flexibility index (Phi) is 4.39. The van der Waals surface area contributed by atoms with Crippen LogP contribution >= 0.6 is 0 Å². The quantitative estimate of drug-likeness (QED) is 0.832. The molecule has 2 fully saturated rings. The molecule has 136 valence electrons. The average molecular weight is 341 g/mol. The second kappa shape index (κ2) is 6.42. The second-order valence-electron chi connectivity index (χ2n) is 8.88. The highest BCUT2D eigenvalue weighted by atomic mass is 16.2. The first-order valence-electron chi connectivity index (χ1n) is 10.1. The molecule has 1 aromatic rings. The monoisotopic (exact) mass is 340 g/mol. The fraction of sp³-hybridized carbons (Fsp3) is 0.682. The summed E-state index contributed by atoms with van der Waals surface area (Å²) >= 11 is 0. The zero-order chi connectivity index (χ0) is 17.5. The van der Waals surface area contributed by atoms with Crippen LogP contribution in [0.15, 0.2) is 24.3 Å². The number of rotatable bonds is 1. The highest BCUT2D eigenvalue weighted by Gasteiger charge is 2.50. The van der Waals surface area contributed by atoms with Gasteiger partial charge in [0.05, 0.1) is 6.04 Å². The summed E-state index contributed by atoms with van der Waals surface area (Å²) in [4.78, 5) is 15.0. The van der Waals surface area contributed by atoms with E-state index < -0.39 is 0 Å². The molecular weight excluding hydrogens is 308 g/mol. The number of hydrogen-bond donors (Lipinski definition) is 1. The maximum Gasteiger partial charge on any atom is 0.220 e. The normalized spacial score (nSPS) is 27.8. The fourth-order valence-corrected chi connectivity index (χ4v) is 5.90. The van der Waals surface area contributed by atoms with Gasteiger partial charge in [-0.3, -0.25) is 4.79 Å². The average Bonchev–Trinajstić information content (AvgIpc) is 2.63. The van der Waals surface area contributed by atoms with Crippen molar-refractivity contribution in [1.29, 1.82) is 0 Å². The van der Waals surface area contributed by atoms with Gasteiger partial charge in [-0.15, -0.1) is 0 Å². The van der Waals surface area contributed by atoms with Crippen molar-refractivity contribution in [2.24, 2.45) is 5.41 Å². The Morgan fingerprint density at radius 2 is 1.76 bits per heavy atom. The van der Waals surface area contributed by atoms with Crippen LogP contribution in [0.4, 0.5) is 0 Å². The number of fused-ring (bicyclic) bond motifs is 2. The van der Waals surface area contributed by atoms with E-state index in [2.05, 4.69) is 41.4 Å². The Morgan fingerprint density at radius 1 is 1.08 bits per heavy atom. The van der Waals surface area contributed by atoms with Gasteiger partial charge in [-0.05, 0) is 55.3 Å². The summed E-state index contributed by atoms with van der Waals surface area (Å²) in [6.07, 6.45) is 8.70. The number of benzene rings is 1. The number of piperidine rings is 1. The van der Waals surface area contributed by atoms with Gasteiger partial charge in [0, 0.05) is 18.9 Å². The maximum absolute atomic E-state index is 12.7. The lowest BCUT2D eigenvalue weighted by atomic mass is 9.61. The molecule has 2 aliphatic heterocycles. The molecule has 2 heterocycles. The molecule has 1 atom stereocenters. The highest BCUT2D eigenvalue weighted by molar-refractivity contribution is 5.75. The van der Waals surface area contributed by atoms with E-state index >= 15 is 0 Å². The second-order valence-corrected chi connectivity index (χ2v) is 8.88. The fourth-order valence-electron chi connectivity index (χ4n) is 5.90. The first-order valence-corrected chi connectivity index (χ1v) is 10.1. The van der Waals surface area contributed by atoms with Crippen molar-refractivity contribution >= 4 is 5.91 Å². The lowest BCUT2D eigenvalue weighted by molar-refractivity contribution is -0.138. The van der Waals surface area contributed by atoms with Crippen molar-refractivity contribution in [2.45, 2.75) is 70.3 Å². The van der Waals surface area contributed by atoms with Gasteiger partial charge in [0.1, 0.15) is 0 Å². The zero-order valence-electron chi connectivity index (χ0n) is 15.8. The first-order chi connectivity index (χ1) is 12.1. The molecule has 1 aromatic carbocycles. The Morgan fingerprint density at radius 3 is 2.44 bits per heavy atom. The standard InChI is InChI=1S/C22H32N2O/c1-17(25)24-16-22(12-14-23-15-13-22)19-9-5-4-8-18(19)20(24)21(2)10-6-3-7-11-21/h4-5,8-9,20,23H,3,6-7,10-16H2,1-2H3/t20-/m0/s1. The van der Waals surface area contributed by atoms with Crippen LogP contribution in [0.25, 0.3) is 0 Å². The Balaban J connectivity index is 1.84.